The van der Waals surface area contributed by atoms with Gasteiger partial charge in [0, 0.05) is 30.9 Å². The van der Waals surface area contributed by atoms with Crippen molar-refractivity contribution in [3.63, 3.8) is 0 Å². The molecule has 1 aromatic rings. The maximum Gasteiger partial charge on any atom is 0.243 e. The van der Waals surface area contributed by atoms with Crippen molar-refractivity contribution < 1.29 is 8.42 Å². The fourth-order valence-corrected chi connectivity index (χ4v) is 4.03. The predicted molar refractivity (Wildman–Crippen MR) is 76.3 cm³/mol. The Morgan fingerprint density at radius 1 is 1.21 bits per heavy atom. The largest absolute Gasteiger partial charge is 0.399 e. The van der Waals surface area contributed by atoms with Crippen molar-refractivity contribution in [2.24, 2.45) is 0 Å². The molecular formula is C13H21N3O2S. The normalized spacial score (nSPS) is 26.5. The van der Waals surface area contributed by atoms with Gasteiger partial charge in [-0.1, -0.05) is 6.07 Å². The Morgan fingerprint density at radius 3 is 2.32 bits per heavy atom. The van der Waals surface area contributed by atoms with Gasteiger partial charge < -0.3 is 5.73 Å². The lowest BCUT2D eigenvalue weighted by Crippen LogP contribution is -2.56. The highest BCUT2D eigenvalue weighted by Gasteiger charge is 2.34. The highest BCUT2D eigenvalue weighted by atomic mass is 32.2. The van der Waals surface area contributed by atoms with Crippen LogP contribution in [0, 0.1) is 0 Å². The third-order valence-electron chi connectivity index (χ3n) is 3.82. The Morgan fingerprint density at radius 2 is 1.79 bits per heavy atom. The van der Waals surface area contributed by atoms with Gasteiger partial charge in [0.1, 0.15) is 0 Å². The number of benzene rings is 1. The smallest absolute Gasteiger partial charge is 0.243 e. The lowest BCUT2D eigenvalue weighted by atomic mass is 10.1. The topological polar surface area (TPSA) is 66.6 Å². The molecule has 2 N–H and O–H groups in total. The molecule has 0 bridgehead atoms. The first-order valence-electron chi connectivity index (χ1n) is 6.40. The van der Waals surface area contributed by atoms with Crippen LogP contribution in [-0.2, 0) is 10.0 Å². The summed E-state index contributed by atoms with van der Waals surface area (Å²) in [5, 5.41) is 0. The van der Waals surface area contributed by atoms with Crippen LogP contribution < -0.4 is 5.73 Å². The molecule has 1 heterocycles. The Labute approximate surface area is 115 Å². The molecule has 2 rings (SSSR count). The molecule has 0 aliphatic carbocycles. The van der Waals surface area contributed by atoms with E-state index in [0.717, 1.165) is 0 Å². The Balaban J connectivity index is 2.30. The van der Waals surface area contributed by atoms with E-state index in [1.54, 1.807) is 22.5 Å². The van der Waals surface area contributed by atoms with E-state index < -0.39 is 10.0 Å². The van der Waals surface area contributed by atoms with Crippen LogP contribution >= 0.6 is 0 Å². The third-order valence-corrected chi connectivity index (χ3v) is 5.65. The van der Waals surface area contributed by atoms with Gasteiger partial charge in [0.2, 0.25) is 10.0 Å². The summed E-state index contributed by atoms with van der Waals surface area (Å²) in [6.45, 7) is 5.10. The minimum Gasteiger partial charge on any atom is -0.399 e. The lowest BCUT2D eigenvalue weighted by molar-refractivity contribution is 0.105. The Bertz CT molecular complexity index is 547. The van der Waals surface area contributed by atoms with Crippen LogP contribution in [-0.4, -0.2) is 49.8 Å². The number of nitrogens with two attached hydrogens (primary N) is 1. The van der Waals surface area contributed by atoms with E-state index in [4.69, 9.17) is 5.73 Å². The van der Waals surface area contributed by atoms with E-state index >= 15 is 0 Å². The molecule has 0 saturated carbocycles. The molecule has 19 heavy (non-hydrogen) atoms. The fraction of sp³-hybridized carbons (Fsp3) is 0.538. The van der Waals surface area contributed by atoms with Gasteiger partial charge in [0.15, 0.2) is 0 Å². The lowest BCUT2D eigenvalue weighted by Gasteiger charge is -2.41. The number of sulfonamides is 1. The molecule has 2 unspecified atom stereocenters. The molecule has 1 aliphatic heterocycles. The summed E-state index contributed by atoms with van der Waals surface area (Å²) in [6.07, 6.45) is 0. The molecule has 1 saturated heterocycles. The van der Waals surface area contributed by atoms with Crippen molar-refractivity contribution in [2.75, 3.05) is 25.9 Å². The minimum atomic E-state index is -3.45. The van der Waals surface area contributed by atoms with Crippen LogP contribution in [0.2, 0.25) is 0 Å². The second-order valence-electron chi connectivity index (χ2n) is 5.26. The van der Waals surface area contributed by atoms with Gasteiger partial charge in [-0.05, 0) is 39.1 Å². The zero-order valence-corrected chi connectivity index (χ0v) is 12.4. The third kappa shape index (κ3) is 2.75. The van der Waals surface area contributed by atoms with E-state index in [1.165, 1.54) is 6.07 Å². The van der Waals surface area contributed by atoms with E-state index in [9.17, 15) is 8.42 Å². The van der Waals surface area contributed by atoms with Crippen LogP contribution in [0.3, 0.4) is 0 Å². The van der Waals surface area contributed by atoms with E-state index in [-0.39, 0.29) is 17.0 Å². The van der Waals surface area contributed by atoms with Crippen molar-refractivity contribution in [3.8, 4) is 0 Å². The summed E-state index contributed by atoms with van der Waals surface area (Å²) in [6, 6.07) is 6.89. The van der Waals surface area contributed by atoms with Crippen molar-refractivity contribution in [1.29, 1.82) is 0 Å². The van der Waals surface area contributed by atoms with Gasteiger partial charge in [-0.25, -0.2) is 8.42 Å². The Hall–Kier alpha value is -1.11. The van der Waals surface area contributed by atoms with Gasteiger partial charge >= 0.3 is 0 Å². The SMILES string of the molecule is CC1CN(S(=O)(=O)c2cccc(N)c2)CC(C)N1C. The summed E-state index contributed by atoms with van der Waals surface area (Å²) >= 11 is 0. The maximum atomic E-state index is 12.6. The summed E-state index contributed by atoms with van der Waals surface area (Å²) in [5.74, 6) is 0. The second-order valence-corrected chi connectivity index (χ2v) is 7.20. The Kier molecular flexibility index (Phi) is 3.85. The first-order valence-corrected chi connectivity index (χ1v) is 7.84. The average Bonchev–Trinajstić information content (AvgIpc) is 2.35. The van der Waals surface area contributed by atoms with Crippen LogP contribution in [0.25, 0.3) is 0 Å². The second kappa shape index (κ2) is 5.11. The van der Waals surface area contributed by atoms with E-state index in [0.29, 0.717) is 18.8 Å². The summed E-state index contributed by atoms with van der Waals surface area (Å²) in [5.41, 5.74) is 6.14. The summed E-state index contributed by atoms with van der Waals surface area (Å²) in [7, 11) is -1.42. The molecule has 0 aromatic heterocycles. The molecule has 1 aromatic carbocycles. The molecule has 1 fully saturated rings. The van der Waals surface area contributed by atoms with Gasteiger partial charge in [-0.3, -0.25) is 4.90 Å². The molecular weight excluding hydrogens is 262 g/mol. The van der Waals surface area contributed by atoms with E-state index in [1.807, 2.05) is 20.9 Å². The van der Waals surface area contributed by atoms with Crippen molar-refractivity contribution >= 4 is 15.7 Å². The van der Waals surface area contributed by atoms with Gasteiger partial charge in [0.25, 0.3) is 0 Å². The first-order chi connectivity index (χ1) is 8.82. The number of likely N-dealkylation sites (N-methyl/N-ethyl adjacent to an activating group) is 1. The standard InChI is InChI=1S/C13H21N3O2S/c1-10-8-16(9-11(2)15(10)3)19(17,18)13-6-4-5-12(14)7-13/h4-7,10-11H,8-9,14H2,1-3H3. The average molecular weight is 283 g/mol. The van der Waals surface area contributed by atoms with Crippen LogP contribution in [0.5, 0.6) is 0 Å². The number of anilines is 1. The van der Waals surface area contributed by atoms with Gasteiger partial charge in [-0.2, -0.15) is 4.31 Å². The number of nitrogen functional groups attached to an aromatic ring is 1. The van der Waals surface area contributed by atoms with E-state index in [2.05, 4.69) is 4.90 Å². The van der Waals surface area contributed by atoms with Crippen molar-refractivity contribution in [2.45, 2.75) is 30.8 Å². The highest BCUT2D eigenvalue weighted by molar-refractivity contribution is 7.89. The maximum absolute atomic E-state index is 12.6. The van der Waals surface area contributed by atoms with Gasteiger partial charge in [-0.15, -0.1) is 0 Å². The van der Waals surface area contributed by atoms with Crippen molar-refractivity contribution in [1.82, 2.24) is 9.21 Å². The molecule has 0 radical (unpaired) electrons. The summed E-state index contributed by atoms with van der Waals surface area (Å²) in [4.78, 5) is 2.47. The first kappa shape index (κ1) is 14.3. The molecule has 106 valence electrons. The highest BCUT2D eigenvalue weighted by Crippen LogP contribution is 2.23. The number of rotatable bonds is 2. The number of piperazine rings is 1. The van der Waals surface area contributed by atoms with Crippen LogP contribution in [0.1, 0.15) is 13.8 Å². The zero-order valence-electron chi connectivity index (χ0n) is 11.6. The quantitative estimate of drug-likeness (QED) is 0.822. The minimum absolute atomic E-state index is 0.208. The summed E-state index contributed by atoms with van der Waals surface area (Å²) < 4.78 is 26.7. The molecule has 6 heteroatoms. The molecule has 5 nitrogen and oxygen atoms in total. The fourth-order valence-electron chi connectivity index (χ4n) is 2.38. The molecule has 0 amide bonds. The number of hydrogen-bond donors (Lipinski definition) is 1. The number of nitrogens with zero attached hydrogens (tertiary/aromatic N) is 2. The molecule has 0 spiro atoms. The molecule has 1 aliphatic rings. The van der Waals surface area contributed by atoms with Crippen molar-refractivity contribution in [3.05, 3.63) is 24.3 Å². The number of hydrogen-bond acceptors (Lipinski definition) is 4. The molecule has 2 atom stereocenters. The monoisotopic (exact) mass is 283 g/mol. The van der Waals surface area contributed by atoms with Crippen LogP contribution in [0.15, 0.2) is 29.2 Å². The van der Waals surface area contributed by atoms with Crippen LogP contribution in [0.4, 0.5) is 5.69 Å². The predicted octanol–water partition coefficient (Wildman–Crippen LogP) is 0.982. The van der Waals surface area contributed by atoms with Gasteiger partial charge in [0.05, 0.1) is 4.90 Å². The zero-order chi connectivity index (χ0) is 14.2.